The molecule has 15 heavy (non-hydrogen) atoms. The van der Waals surface area contributed by atoms with Gasteiger partial charge >= 0.3 is 0 Å². The Labute approximate surface area is 90.1 Å². The Bertz CT molecular complexity index is 294. The number of hydrogen-bond donors (Lipinski definition) is 0. The van der Waals surface area contributed by atoms with Gasteiger partial charge in [-0.05, 0) is 31.9 Å². The third-order valence-corrected chi connectivity index (χ3v) is 3.27. The van der Waals surface area contributed by atoms with Gasteiger partial charge in [0.25, 0.3) is 0 Å². The number of likely N-dealkylation sites (tertiary alicyclic amines) is 1. The SMILES string of the molecule is C=CN1CCCC[C@@H](C(=O)C2CC2)C1=O. The highest BCUT2D eigenvalue weighted by Crippen LogP contribution is 2.35. The highest BCUT2D eigenvalue weighted by molar-refractivity contribution is 6.03. The standard InChI is InChI=1S/C12H17NO2/c1-2-13-8-4-3-5-10(12(13)15)11(14)9-6-7-9/h2,9-10H,1,3-8H2/t10-/m0/s1. The summed E-state index contributed by atoms with van der Waals surface area (Å²) >= 11 is 0. The van der Waals surface area contributed by atoms with E-state index in [1.165, 1.54) is 0 Å². The monoisotopic (exact) mass is 207 g/mol. The van der Waals surface area contributed by atoms with Crippen molar-refractivity contribution < 1.29 is 9.59 Å². The first-order valence-electron chi connectivity index (χ1n) is 5.71. The van der Waals surface area contributed by atoms with Crippen molar-refractivity contribution in [1.29, 1.82) is 0 Å². The van der Waals surface area contributed by atoms with Gasteiger partial charge in [-0.2, -0.15) is 0 Å². The van der Waals surface area contributed by atoms with E-state index in [0.717, 1.165) is 38.6 Å². The van der Waals surface area contributed by atoms with Crippen LogP contribution in [0.2, 0.25) is 0 Å². The second-order valence-corrected chi connectivity index (χ2v) is 4.44. The van der Waals surface area contributed by atoms with E-state index in [0.29, 0.717) is 0 Å². The van der Waals surface area contributed by atoms with Crippen molar-refractivity contribution in [2.24, 2.45) is 11.8 Å². The third-order valence-electron chi connectivity index (χ3n) is 3.27. The lowest BCUT2D eigenvalue weighted by atomic mass is 9.94. The lowest BCUT2D eigenvalue weighted by molar-refractivity contribution is -0.139. The molecule has 0 aromatic rings. The minimum absolute atomic E-state index is 0.0283. The molecular weight excluding hydrogens is 190 g/mol. The predicted molar refractivity (Wildman–Crippen MR) is 57.0 cm³/mol. The quantitative estimate of drug-likeness (QED) is 0.661. The molecule has 1 aliphatic carbocycles. The Morgan fingerprint density at radius 1 is 1.33 bits per heavy atom. The second kappa shape index (κ2) is 4.17. The van der Waals surface area contributed by atoms with Crippen molar-refractivity contribution in [1.82, 2.24) is 4.90 Å². The number of carbonyl (C=O) groups is 2. The summed E-state index contributed by atoms with van der Waals surface area (Å²) in [6, 6.07) is 0. The molecule has 2 rings (SSSR count). The van der Waals surface area contributed by atoms with Crippen molar-refractivity contribution >= 4 is 11.7 Å². The number of carbonyl (C=O) groups excluding carboxylic acids is 2. The van der Waals surface area contributed by atoms with Gasteiger partial charge in [0.1, 0.15) is 5.78 Å². The topological polar surface area (TPSA) is 37.4 Å². The number of rotatable bonds is 3. The first-order chi connectivity index (χ1) is 7.24. The van der Waals surface area contributed by atoms with Crippen LogP contribution in [0.4, 0.5) is 0 Å². The first-order valence-corrected chi connectivity index (χ1v) is 5.71. The zero-order valence-electron chi connectivity index (χ0n) is 8.95. The van der Waals surface area contributed by atoms with Crippen LogP contribution in [-0.4, -0.2) is 23.1 Å². The smallest absolute Gasteiger partial charge is 0.237 e. The lowest BCUT2D eigenvalue weighted by Crippen LogP contribution is -2.35. The molecule has 0 unspecified atom stereocenters. The van der Waals surface area contributed by atoms with E-state index in [2.05, 4.69) is 6.58 Å². The van der Waals surface area contributed by atoms with E-state index in [1.807, 2.05) is 0 Å². The maximum atomic E-state index is 12.0. The van der Waals surface area contributed by atoms with Crippen LogP contribution in [0.1, 0.15) is 32.1 Å². The zero-order valence-corrected chi connectivity index (χ0v) is 8.95. The van der Waals surface area contributed by atoms with Crippen LogP contribution < -0.4 is 0 Å². The van der Waals surface area contributed by atoms with Gasteiger partial charge in [-0.25, -0.2) is 0 Å². The Morgan fingerprint density at radius 3 is 2.67 bits per heavy atom. The molecule has 1 saturated carbocycles. The van der Waals surface area contributed by atoms with Gasteiger partial charge in [-0.15, -0.1) is 0 Å². The van der Waals surface area contributed by atoms with Crippen molar-refractivity contribution in [3.8, 4) is 0 Å². The zero-order chi connectivity index (χ0) is 10.8. The fourth-order valence-electron chi connectivity index (χ4n) is 2.16. The van der Waals surface area contributed by atoms with Gasteiger partial charge in [0.15, 0.2) is 0 Å². The minimum atomic E-state index is -0.377. The second-order valence-electron chi connectivity index (χ2n) is 4.44. The largest absolute Gasteiger partial charge is 0.319 e. The highest BCUT2D eigenvalue weighted by atomic mass is 16.2. The normalized spacial score (nSPS) is 27.3. The molecule has 0 N–H and O–H groups in total. The van der Waals surface area contributed by atoms with E-state index < -0.39 is 0 Å². The molecule has 1 aliphatic heterocycles. The average Bonchev–Trinajstić information content (AvgIpc) is 3.04. The molecule has 3 nitrogen and oxygen atoms in total. The molecule has 2 aliphatic rings. The van der Waals surface area contributed by atoms with Gasteiger partial charge < -0.3 is 4.90 Å². The summed E-state index contributed by atoms with van der Waals surface area (Å²) in [5.41, 5.74) is 0. The summed E-state index contributed by atoms with van der Waals surface area (Å²) in [5.74, 6) is -0.0464. The van der Waals surface area contributed by atoms with Crippen LogP contribution >= 0.6 is 0 Å². The molecule has 2 fully saturated rings. The molecule has 1 heterocycles. The number of nitrogens with zero attached hydrogens (tertiary/aromatic N) is 1. The molecular formula is C12H17NO2. The van der Waals surface area contributed by atoms with E-state index >= 15 is 0 Å². The van der Waals surface area contributed by atoms with Crippen LogP contribution in [0.25, 0.3) is 0 Å². The van der Waals surface area contributed by atoms with E-state index in [9.17, 15) is 9.59 Å². The van der Waals surface area contributed by atoms with Crippen LogP contribution in [0.3, 0.4) is 0 Å². The minimum Gasteiger partial charge on any atom is -0.319 e. The van der Waals surface area contributed by atoms with Crippen molar-refractivity contribution in [2.45, 2.75) is 32.1 Å². The number of amides is 1. The first kappa shape index (κ1) is 10.4. The summed E-state index contributed by atoms with van der Waals surface area (Å²) in [6.45, 7) is 4.34. The van der Waals surface area contributed by atoms with Crippen LogP contribution in [0.15, 0.2) is 12.8 Å². The molecule has 0 aromatic carbocycles. The molecule has 0 spiro atoms. The molecule has 0 bridgehead atoms. The van der Waals surface area contributed by atoms with E-state index in [-0.39, 0.29) is 23.5 Å². The summed E-state index contributed by atoms with van der Waals surface area (Å²) in [7, 11) is 0. The fourth-order valence-corrected chi connectivity index (χ4v) is 2.16. The van der Waals surface area contributed by atoms with Crippen molar-refractivity contribution in [3.05, 3.63) is 12.8 Å². The molecule has 1 saturated heterocycles. The molecule has 1 amide bonds. The molecule has 1 atom stereocenters. The Hall–Kier alpha value is -1.12. The molecule has 0 radical (unpaired) electrons. The highest BCUT2D eigenvalue weighted by Gasteiger charge is 2.39. The van der Waals surface area contributed by atoms with Crippen LogP contribution in [-0.2, 0) is 9.59 Å². The van der Waals surface area contributed by atoms with Gasteiger partial charge in [0.2, 0.25) is 5.91 Å². The molecule has 82 valence electrons. The summed E-state index contributed by atoms with van der Waals surface area (Å²) in [4.78, 5) is 25.5. The number of Topliss-reactive ketones (excluding diaryl/α,β-unsaturated/α-hetero) is 1. The van der Waals surface area contributed by atoms with Crippen molar-refractivity contribution in [2.75, 3.05) is 6.54 Å². The summed E-state index contributed by atoms with van der Waals surface area (Å²) in [5, 5.41) is 0. The van der Waals surface area contributed by atoms with E-state index in [4.69, 9.17) is 0 Å². The summed E-state index contributed by atoms with van der Waals surface area (Å²) < 4.78 is 0. The van der Waals surface area contributed by atoms with Crippen molar-refractivity contribution in [3.63, 3.8) is 0 Å². The third kappa shape index (κ3) is 2.11. The maximum absolute atomic E-state index is 12.0. The number of hydrogen-bond acceptors (Lipinski definition) is 2. The Morgan fingerprint density at radius 2 is 2.07 bits per heavy atom. The maximum Gasteiger partial charge on any atom is 0.237 e. The lowest BCUT2D eigenvalue weighted by Gasteiger charge is -2.19. The number of ketones is 1. The van der Waals surface area contributed by atoms with E-state index in [1.54, 1.807) is 11.1 Å². The van der Waals surface area contributed by atoms with Gasteiger partial charge in [-0.3, -0.25) is 9.59 Å². The van der Waals surface area contributed by atoms with Gasteiger partial charge in [0, 0.05) is 12.5 Å². The van der Waals surface area contributed by atoms with Crippen LogP contribution in [0.5, 0.6) is 0 Å². The Kier molecular flexibility index (Phi) is 2.89. The van der Waals surface area contributed by atoms with Gasteiger partial charge in [-0.1, -0.05) is 13.0 Å². The van der Waals surface area contributed by atoms with Gasteiger partial charge in [0.05, 0.1) is 5.92 Å². The molecule has 3 heteroatoms. The summed E-state index contributed by atoms with van der Waals surface area (Å²) in [6.07, 6.45) is 6.21. The predicted octanol–water partition coefficient (Wildman–Crippen LogP) is 1.74. The average molecular weight is 207 g/mol. The molecule has 0 aromatic heterocycles. The van der Waals surface area contributed by atoms with Crippen LogP contribution in [0, 0.1) is 11.8 Å². The Balaban J connectivity index is 2.10. The fraction of sp³-hybridized carbons (Fsp3) is 0.667.